The fourth-order valence-corrected chi connectivity index (χ4v) is 5.20. The molecule has 34 heavy (non-hydrogen) atoms. The van der Waals surface area contributed by atoms with Crippen molar-refractivity contribution in [1.82, 2.24) is 14.9 Å². The molecule has 0 spiro atoms. The van der Waals surface area contributed by atoms with Gasteiger partial charge in [-0.3, -0.25) is 4.79 Å². The summed E-state index contributed by atoms with van der Waals surface area (Å²) in [6.07, 6.45) is 8.31. The molecular formula is C27H33N3O3S. The number of rotatable bonds is 10. The van der Waals surface area contributed by atoms with E-state index in [1.807, 2.05) is 37.3 Å². The molecular weight excluding hydrogens is 446 g/mol. The number of benzene rings is 1. The van der Waals surface area contributed by atoms with Gasteiger partial charge in [-0.15, -0.1) is 11.3 Å². The van der Waals surface area contributed by atoms with Crippen LogP contribution in [0.3, 0.4) is 0 Å². The van der Waals surface area contributed by atoms with E-state index in [1.165, 1.54) is 31.3 Å². The Morgan fingerprint density at radius 2 is 2.03 bits per heavy atom. The first-order valence-corrected chi connectivity index (χ1v) is 12.7. The summed E-state index contributed by atoms with van der Waals surface area (Å²) in [4.78, 5) is 17.9. The summed E-state index contributed by atoms with van der Waals surface area (Å²) < 4.78 is 12.6. The number of amides is 1. The van der Waals surface area contributed by atoms with Gasteiger partial charge in [0.15, 0.2) is 0 Å². The zero-order valence-electron chi connectivity index (χ0n) is 20.2. The van der Waals surface area contributed by atoms with Crippen LogP contribution in [0.25, 0.3) is 22.0 Å². The van der Waals surface area contributed by atoms with E-state index in [-0.39, 0.29) is 5.91 Å². The van der Waals surface area contributed by atoms with E-state index in [4.69, 9.17) is 14.5 Å². The lowest BCUT2D eigenvalue weighted by molar-refractivity contribution is 0.0936. The van der Waals surface area contributed by atoms with E-state index < -0.39 is 0 Å². The molecule has 0 atom stereocenters. The number of hydrogen-bond acceptors (Lipinski definition) is 5. The van der Waals surface area contributed by atoms with Gasteiger partial charge in [-0.1, -0.05) is 11.6 Å². The number of thiazole rings is 1. The second kappa shape index (κ2) is 11.5. The van der Waals surface area contributed by atoms with Crippen LogP contribution in [0.1, 0.15) is 48.2 Å². The molecule has 1 aromatic carbocycles. The Labute approximate surface area is 205 Å². The van der Waals surface area contributed by atoms with Crippen LogP contribution in [0, 0.1) is 6.92 Å². The quantitative estimate of drug-likeness (QED) is 0.292. The highest BCUT2D eigenvalue weighted by atomic mass is 32.1. The third-order valence-corrected chi connectivity index (χ3v) is 7.24. The lowest BCUT2D eigenvalue weighted by atomic mass is 9.97. The van der Waals surface area contributed by atoms with E-state index in [1.54, 1.807) is 25.6 Å². The number of carbonyl (C=O) groups excluding carboxylic acids is 1. The van der Waals surface area contributed by atoms with Crippen molar-refractivity contribution in [3.8, 4) is 27.7 Å². The van der Waals surface area contributed by atoms with Crippen LogP contribution in [0.5, 0.6) is 5.75 Å². The van der Waals surface area contributed by atoms with Gasteiger partial charge in [0.05, 0.1) is 30.7 Å². The number of allylic oxidation sites excluding steroid dienone is 2. The summed E-state index contributed by atoms with van der Waals surface area (Å²) >= 11 is 1.61. The number of nitrogens with zero attached hydrogens (tertiary/aromatic N) is 2. The number of ether oxygens (including phenoxy) is 2. The zero-order chi connectivity index (χ0) is 23.9. The van der Waals surface area contributed by atoms with Crippen LogP contribution in [-0.4, -0.2) is 42.8 Å². The van der Waals surface area contributed by atoms with E-state index in [0.29, 0.717) is 18.7 Å². The molecule has 0 saturated carbocycles. The molecule has 1 aliphatic rings. The minimum Gasteiger partial charge on any atom is -0.497 e. The van der Waals surface area contributed by atoms with Crippen molar-refractivity contribution in [3.63, 3.8) is 0 Å². The summed E-state index contributed by atoms with van der Waals surface area (Å²) in [7, 11) is 3.30. The molecule has 3 aromatic rings. The molecule has 6 nitrogen and oxygen atoms in total. The zero-order valence-corrected chi connectivity index (χ0v) is 21.0. The van der Waals surface area contributed by atoms with Gasteiger partial charge in [0.25, 0.3) is 5.91 Å². The van der Waals surface area contributed by atoms with Crippen LogP contribution in [0.2, 0.25) is 0 Å². The minimum absolute atomic E-state index is 0.0722. The molecule has 0 bridgehead atoms. The van der Waals surface area contributed by atoms with Crippen molar-refractivity contribution in [1.29, 1.82) is 0 Å². The second-order valence-corrected chi connectivity index (χ2v) is 9.41. The Morgan fingerprint density at radius 1 is 1.21 bits per heavy atom. The number of hydrogen-bond donors (Lipinski definition) is 1. The van der Waals surface area contributed by atoms with E-state index in [0.717, 1.165) is 46.4 Å². The van der Waals surface area contributed by atoms with Crippen molar-refractivity contribution >= 4 is 17.2 Å². The molecule has 2 heterocycles. The topological polar surface area (TPSA) is 65.4 Å². The van der Waals surface area contributed by atoms with Gasteiger partial charge in [-0.2, -0.15) is 0 Å². The second-order valence-electron chi connectivity index (χ2n) is 8.55. The lowest BCUT2D eigenvalue weighted by Crippen LogP contribution is -2.27. The molecule has 1 aliphatic carbocycles. The minimum atomic E-state index is -0.0722. The smallest absolute Gasteiger partial charge is 0.253 e. The SMILES string of the molecule is COCCNC(=O)c1cc(-c2csc(-c3ccc(OC)cc3)n2)n(CCC2=CCCCC2)c1C. The predicted octanol–water partition coefficient (Wildman–Crippen LogP) is 5.86. The third kappa shape index (κ3) is 5.59. The maximum atomic E-state index is 12.9. The highest BCUT2D eigenvalue weighted by Gasteiger charge is 2.20. The summed E-state index contributed by atoms with van der Waals surface area (Å²) in [6.45, 7) is 3.85. The Balaban J connectivity index is 1.63. The molecule has 4 rings (SSSR count). The van der Waals surface area contributed by atoms with E-state index >= 15 is 0 Å². The van der Waals surface area contributed by atoms with Crippen LogP contribution in [0.4, 0.5) is 0 Å². The number of methoxy groups -OCH3 is 2. The van der Waals surface area contributed by atoms with Crippen molar-refractivity contribution in [2.75, 3.05) is 27.4 Å². The number of nitrogens with one attached hydrogen (secondary N) is 1. The van der Waals surface area contributed by atoms with Gasteiger partial charge in [0.1, 0.15) is 10.8 Å². The van der Waals surface area contributed by atoms with Crippen LogP contribution in [-0.2, 0) is 11.3 Å². The first-order valence-electron chi connectivity index (χ1n) is 11.9. The average Bonchev–Trinajstić information content (AvgIpc) is 3.48. The van der Waals surface area contributed by atoms with Crippen LogP contribution < -0.4 is 10.1 Å². The normalized spacial score (nSPS) is 13.6. The van der Waals surface area contributed by atoms with Gasteiger partial charge in [0, 0.05) is 36.8 Å². The summed E-state index contributed by atoms with van der Waals surface area (Å²) in [5.41, 5.74) is 6.13. The maximum Gasteiger partial charge on any atom is 0.253 e. The molecule has 1 amide bonds. The van der Waals surface area contributed by atoms with Crippen molar-refractivity contribution in [2.24, 2.45) is 0 Å². The Morgan fingerprint density at radius 3 is 2.74 bits per heavy atom. The number of carbonyl (C=O) groups is 1. The van der Waals surface area contributed by atoms with Crippen LogP contribution >= 0.6 is 11.3 Å². The first kappa shape index (κ1) is 24.2. The summed E-state index contributed by atoms with van der Waals surface area (Å²) in [5, 5.41) is 5.99. The number of aromatic nitrogens is 2. The molecule has 2 aromatic heterocycles. The van der Waals surface area contributed by atoms with Crippen molar-refractivity contribution in [3.05, 3.63) is 58.6 Å². The van der Waals surface area contributed by atoms with Crippen molar-refractivity contribution < 1.29 is 14.3 Å². The summed E-state index contributed by atoms with van der Waals surface area (Å²) in [6, 6.07) is 9.93. The average molecular weight is 480 g/mol. The van der Waals surface area contributed by atoms with Gasteiger partial charge in [-0.05, 0) is 69.4 Å². The monoisotopic (exact) mass is 479 g/mol. The van der Waals surface area contributed by atoms with Gasteiger partial charge >= 0.3 is 0 Å². The molecule has 180 valence electrons. The van der Waals surface area contributed by atoms with Gasteiger partial charge in [0.2, 0.25) is 0 Å². The van der Waals surface area contributed by atoms with Crippen molar-refractivity contribution in [2.45, 2.75) is 45.6 Å². The maximum absolute atomic E-state index is 12.9. The highest BCUT2D eigenvalue weighted by Crippen LogP contribution is 2.33. The third-order valence-electron chi connectivity index (χ3n) is 6.35. The highest BCUT2D eigenvalue weighted by molar-refractivity contribution is 7.13. The van der Waals surface area contributed by atoms with Gasteiger partial charge < -0.3 is 19.4 Å². The molecule has 0 radical (unpaired) electrons. The predicted molar refractivity (Wildman–Crippen MR) is 138 cm³/mol. The Kier molecular flexibility index (Phi) is 8.19. The summed E-state index contributed by atoms with van der Waals surface area (Å²) in [5.74, 6) is 0.753. The fraction of sp³-hybridized carbons (Fsp3) is 0.407. The molecule has 0 aliphatic heterocycles. The fourth-order valence-electron chi connectivity index (χ4n) is 4.38. The van der Waals surface area contributed by atoms with Crippen LogP contribution in [0.15, 0.2) is 47.4 Å². The largest absolute Gasteiger partial charge is 0.497 e. The lowest BCUT2D eigenvalue weighted by Gasteiger charge is -2.15. The molecule has 0 fully saturated rings. The molecule has 7 heteroatoms. The van der Waals surface area contributed by atoms with E-state index in [2.05, 4.69) is 21.3 Å². The Hall–Kier alpha value is -2.90. The van der Waals surface area contributed by atoms with Gasteiger partial charge in [-0.25, -0.2) is 4.98 Å². The van der Waals surface area contributed by atoms with E-state index in [9.17, 15) is 4.79 Å². The Bertz CT molecular complexity index is 1140. The molecule has 0 saturated heterocycles. The first-order chi connectivity index (χ1) is 16.6. The molecule has 1 N–H and O–H groups in total. The molecule has 0 unspecified atom stereocenters. The standard InChI is InChI=1S/C27H33N3O3S/c1-19-23(26(31)28-14-16-32-2)17-25(30(19)15-13-20-7-5-4-6-8-20)24-18-34-27(29-24)21-9-11-22(33-3)12-10-21/h7,9-12,17-18H,4-6,8,13-16H2,1-3H3,(H,28,31).